The smallest absolute Gasteiger partial charge is 0.189 e. The van der Waals surface area contributed by atoms with E-state index in [4.69, 9.17) is 5.73 Å². The number of nitrogens with zero attached hydrogens (tertiary/aromatic N) is 1. The van der Waals surface area contributed by atoms with Gasteiger partial charge in [0.25, 0.3) is 0 Å². The van der Waals surface area contributed by atoms with E-state index in [-0.39, 0.29) is 12.3 Å². The maximum atomic E-state index is 11.6. The zero-order chi connectivity index (χ0) is 11.1. The summed E-state index contributed by atoms with van der Waals surface area (Å²) < 4.78 is 0. The Morgan fingerprint density at radius 1 is 1.31 bits per heavy atom. The number of imidazole rings is 1. The van der Waals surface area contributed by atoms with Crippen LogP contribution in [0.2, 0.25) is 0 Å². The monoisotopic (exact) mass is 214 g/mol. The summed E-state index contributed by atoms with van der Waals surface area (Å²) in [5, 5.41) is 2.81. The molecule has 0 saturated heterocycles. The number of H-pyrrole nitrogens is 1. The molecule has 1 aliphatic heterocycles. The van der Waals surface area contributed by atoms with Crippen LogP contribution >= 0.6 is 0 Å². The van der Waals surface area contributed by atoms with E-state index in [1.807, 2.05) is 24.3 Å². The van der Waals surface area contributed by atoms with Gasteiger partial charge in [-0.1, -0.05) is 12.1 Å². The molecular weight excluding hydrogens is 204 g/mol. The van der Waals surface area contributed by atoms with Crippen molar-refractivity contribution in [1.29, 1.82) is 0 Å². The molecule has 0 spiro atoms. The SMILES string of the molecule is NC1=C(c2nc3ccccc3[nH]2)C(=O)CN1. The third-order valence-corrected chi connectivity index (χ3v) is 2.61. The van der Waals surface area contributed by atoms with E-state index in [1.165, 1.54) is 0 Å². The second kappa shape index (κ2) is 3.10. The van der Waals surface area contributed by atoms with Crippen molar-refractivity contribution in [3.05, 3.63) is 35.9 Å². The lowest BCUT2D eigenvalue weighted by molar-refractivity contribution is -0.112. The van der Waals surface area contributed by atoms with Crippen LogP contribution in [0.1, 0.15) is 5.82 Å². The van der Waals surface area contributed by atoms with Gasteiger partial charge in [0, 0.05) is 0 Å². The van der Waals surface area contributed by atoms with Gasteiger partial charge >= 0.3 is 0 Å². The highest BCUT2D eigenvalue weighted by molar-refractivity contribution is 6.23. The van der Waals surface area contributed by atoms with Crippen molar-refractivity contribution in [3.63, 3.8) is 0 Å². The van der Waals surface area contributed by atoms with Crippen molar-refractivity contribution in [3.8, 4) is 0 Å². The number of carbonyl (C=O) groups excluding carboxylic acids is 1. The number of aromatic nitrogens is 2. The topological polar surface area (TPSA) is 83.8 Å². The first-order valence-corrected chi connectivity index (χ1v) is 4.97. The van der Waals surface area contributed by atoms with E-state index in [0.717, 1.165) is 11.0 Å². The lowest BCUT2D eigenvalue weighted by Gasteiger charge is -1.95. The minimum Gasteiger partial charge on any atom is -0.385 e. The Labute approximate surface area is 91.4 Å². The summed E-state index contributed by atoms with van der Waals surface area (Å²) in [7, 11) is 0. The zero-order valence-electron chi connectivity index (χ0n) is 8.45. The van der Waals surface area contributed by atoms with Gasteiger partial charge in [0.2, 0.25) is 0 Å². The van der Waals surface area contributed by atoms with E-state index in [0.29, 0.717) is 17.2 Å². The molecule has 2 heterocycles. The fourth-order valence-corrected chi connectivity index (χ4v) is 1.83. The lowest BCUT2D eigenvalue weighted by atomic mass is 10.2. The first kappa shape index (κ1) is 8.96. The van der Waals surface area contributed by atoms with E-state index < -0.39 is 0 Å². The molecule has 16 heavy (non-hydrogen) atoms. The van der Waals surface area contributed by atoms with Gasteiger partial charge in [0.15, 0.2) is 5.78 Å². The summed E-state index contributed by atoms with van der Waals surface area (Å²) >= 11 is 0. The molecule has 80 valence electrons. The molecule has 1 aromatic carbocycles. The highest BCUT2D eigenvalue weighted by Crippen LogP contribution is 2.20. The van der Waals surface area contributed by atoms with Crippen LogP contribution in [0.4, 0.5) is 0 Å². The number of hydrogen-bond acceptors (Lipinski definition) is 4. The molecule has 5 nitrogen and oxygen atoms in total. The van der Waals surface area contributed by atoms with Crippen LogP contribution in [0.25, 0.3) is 16.6 Å². The molecule has 2 aromatic rings. The maximum absolute atomic E-state index is 11.6. The number of carbonyl (C=O) groups is 1. The second-order valence-corrected chi connectivity index (χ2v) is 3.67. The van der Waals surface area contributed by atoms with Gasteiger partial charge in [-0.2, -0.15) is 0 Å². The Morgan fingerprint density at radius 2 is 2.12 bits per heavy atom. The van der Waals surface area contributed by atoms with E-state index in [9.17, 15) is 4.79 Å². The lowest BCUT2D eigenvalue weighted by Crippen LogP contribution is -2.16. The largest absolute Gasteiger partial charge is 0.385 e. The third kappa shape index (κ3) is 1.18. The van der Waals surface area contributed by atoms with Crippen LogP contribution in [0.15, 0.2) is 30.1 Å². The van der Waals surface area contributed by atoms with Gasteiger partial charge in [0.1, 0.15) is 17.2 Å². The Kier molecular flexibility index (Phi) is 1.73. The van der Waals surface area contributed by atoms with Crippen LogP contribution < -0.4 is 11.1 Å². The summed E-state index contributed by atoms with van der Waals surface area (Å²) in [4.78, 5) is 19.0. The normalized spacial score (nSPS) is 15.9. The van der Waals surface area contributed by atoms with Crippen LogP contribution in [-0.4, -0.2) is 22.3 Å². The highest BCUT2D eigenvalue weighted by atomic mass is 16.1. The van der Waals surface area contributed by atoms with Crippen molar-refractivity contribution in [2.75, 3.05) is 6.54 Å². The molecule has 0 unspecified atom stereocenters. The number of nitrogens with one attached hydrogen (secondary N) is 2. The standard InChI is InChI=1S/C11H10N4O/c12-10-9(8(16)5-13-10)11-14-6-3-1-2-4-7(6)15-11/h1-4,13H,5,12H2,(H,14,15). The van der Waals surface area contributed by atoms with Crippen molar-refractivity contribution >= 4 is 22.4 Å². The first-order chi connectivity index (χ1) is 7.75. The average Bonchev–Trinajstić information content (AvgIpc) is 2.82. The van der Waals surface area contributed by atoms with Crippen LogP contribution in [0.5, 0.6) is 0 Å². The Balaban J connectivity index is 2.20. The quantitative estimate of drug-likeness (QED) is 0.640. The number of ketones is 1. The number of para-hydroxylation sites is 2. The Hall–Kier alpha value is -2.30. The molecule has 0 fully saturated rings. The molecule has 0 radical (unpaired) electrons. The summed E-state index contributed by atoms with van der Waals surface area (Å²) in [5.74, 6) is 0.898. The van der Waals surface area contributed by atoms with E-state index >= 15 is 0 Å². The average molecular weight is 214 g/mol. The summed E-state index contributed by atoms with van der Waals surface area (Å²) in [6, 6.07) is 7.62. The molecule has 0 saturated carbocycles. The van der Waals surface area contributed by atoms with Gasteiger partial charge < -0.3 is 16.0 Å². The third-order valence-electron chi connectivity index (χ3n) is 2.61. The number of Topliss-reactive ketones (excluding diaryl/α,β-unsaturated/α-hetero) is 1. The molecule has 5 heteroatoms. The van der Waals surface area contributed by atoms with Crippen molar-refractivity contribution in [1.82, 2.24) is 15.3 Å². The number of fused-ring (bicyclic) bond motifs is 1. The number of aromatic amines is 1. The highest BCUT2D eigenvalue weighted by Gasteiger charge is 2.24. The van der Waals surface area contributed by atoms with Crippen LogP contribution in [-0.2, 0) is 4.79 Å². The first-order valence-electron chi connectivity index (χ1n) is 4.97. The number of nitrogens with two attached hydrogens (primary N) is 1. The van der Waals surface area contributed by atoms with Gasteiger partial charge in [-0.15, -0.1) is 0 Å². The van der Waals surface area contributed by atoms with Crippen molar-refractivity contribution < 1.29 is 4.79 Å². The number of rotatable bonds is 1. The van der Waals surface area contributed by atoms with Gasteiger partial charge in [0.05, 0.1) is 17.6 Å². The Morgan fingerprint density at radius 3 is 2.81 bits per heavy atom. The molecule has 0 aliphatic carbocycles. The molecule has 0 atom stereocenters. The predicted octanol–water partition coefficient (Wildman–Crippen LogP) is 0.362. The fraction of sp³-hybridized carbons (Fsp3) is 0.0909. The van der Waals surface area contributed by atoms with Crippen molar-refractivity contribution in [2.24, 2.45) is 5.73 Å². The Bertz CT molecular complexity index is 578. The second-order valence-electron chi connectivity index (χ2n) is 3.67. The minimum absolute atomic E-state index is 0.0310. The van der Waals surface area contributed by atoms with Gasteiger partial charge in [-0.25, -0.2) is 4.98 Å². The molecule has 1 aromatic heterocycles. The summed E-state index contributed by atoms with van der Waals surface area (Å²) in [6.07, 6.45) is 0. The van der Waals surface area contributed by atoms with Crippen LogP contribution in [0, 0.1) is 0 Å². The van der Waals surface area contributed by atoms with Crippen LogP contribution in [0.3, 0.4) is 0 Å². The molecule has 1 aliphatic rings. The number of hydrogen-bond donors (Lipinski definition) is 3. The molecule has 0 amide bonds. The van der Waals surface area contributed by atoms with Gasteiger partial charge in [-0.3, -0.25) is 4.79 Å². The fourth-order valence-electron chi connectivity index (χ4n) is 1.83. The van der Waals surface area contributed by atoms with E-state index in [1.54, 1.807) is 0 Å². The van der Waals surface area contributed by atoms with E-state index in [2.05, 4.69) is 15.3 Å². The number of benzene rings is 1. The maximum Gasteiger partial charge on any atom is 0.189 e. The predicted molar refractivity (Wildman–Crippen MR) is 60.2 cm³/mol. The summed E-state index contributed by atoms with van der Waals surface area (Å²) in [5.41, 5.74) is 7.90. The minimum atomic E-state index is -0.0310. The van der Waals surface area contributed by atoms with Crippen molar-refractivity contribution in [2.45, 2.75) is 0 Å². The van der Waals surface area contributed by atoms with Gasteiger partial charge in [-0.05, 0) is 12.1 Å². The molecule has 3 rings (SSSR count). The summed E-state index contributed by atoms with van der Waals surface area (Å²) in [6.45, 7) is 0.248. The molecule has 4 N–H and O–H groups in total. The zero-order valence-corrected chi connectivity index (χ0v) is 8.45. The molecular formula is C11H10N4O. The molecule has 0 bridgehead atoms.